The molecule has 0 radical (unpaired) electrons. The van der Waals surface area contributed by atoms with Crippen LogP contribution in [0.25, 0.3) is 16.8 Å². The van der Waals surface area contributed by atoms with Crippen molar-refractivity contribution >= 4 is 23.5 Å². The number of fused-ring (bicyclic) bond motifs is 1. The molecule has 10 heteroatoms. The van der Waals surface area contributed by atoms with E-state index >= 15 is 0 Å². The Kier molecular flexibility index (Phi) is 4.27. The molecule has 1 atom stereocenters. The minimum atomic E-state index is -1.05. The van der Waals surface area contributed by atoms with Crippen LogP contribution in [-0.4, -0.2) is 43.3 Å². The van der Waals surface area contributed by atoms with Gasteiger partial charge in [0.05, 0.1) is 6.42 Å². The summed E-state index contributed by atoms with van der Waals surface area (Å²) in [5.41, 5.74) is 1.34. The third-order valence-electron chi connectivity index (χ3n) is 4.06. The molecule has 0 aliphatic carbocycles. The lowest BCUT2D eigenvalue weighted by molar-refractivity contribution is -0.160. The van der Waals surface area contributed by atoms with Crippen LogP contribution < -0.4 is 5.32 Å². The van der Waals surface area contributed by atoms with Crippen LogP contribution in [0.3, 0.4) is 0 Å². The van der Waals surface area contributed by atoms with E-state index in [1.54, 1.807) is 44.3 Å². The number of halogens is 1. The second-order valence-corrected chi connectivity index (χ2v) is 6.68. The van der Waals surface area contributed by atoms with Crippen LogP contribution in [0.2, 0.25) is 0 Å². The van der Waals surface area contributed by atoms with Crippen molar-refractivity contribution in [3.05, 3.63) is 42.6 Å². The zero-order valence-corrected chi connectivity index (χ0v) is 15.0. The molecule has 1 N–H and O–H groups in total. The van der Waals surface area contributed by atoms with Crippen molar-refractivity contribution in [1.29, 1.82) is 0 Å². The van der Waals surface area contributed by atoms with Gasteiger partial charge in [-0.1, -0.05) is 0 Å². The summed E-state index contributed by atoms with van der Waals surface area (Å²) in [5.74, 6) is -2.68. The van der Waals surface area contributed by atoms with Crippen molar-refractivity contribution in [2.45, 2.75) is 32.2 Å². The van der Waals surface area contributed by atoms with Gasteiger partial charge in [-0.25, -0.2) is 14.3 Å². The van der Waals surface area contributed by atoms with E-state index in [4.69, 9.17) is 9.47 Å². The van der Waals surface area contributed by atoms with Crippen LogP contribution in [0.4, 0.5) is 10.3 Å². The zero-order valence-electron chi connectivity index (χ0n) is 15.0. The minimum absolute atomic E-state index is 0.0550. The Morgan fingerprint density at radius 3 is 2.89 bits per heavy atom. The first-order chi connectivity index (χ1) is 13.3. The lowest BCUT2D eigenvalue weighted by atomic mass is 10.1. The Bertz CT molecular complexity index is 1080. The zero-order chi connectivity index (χ0) is 19.9. The van der Waals surface area contributed by atoms with Gasteiger partial charge < -0.3 is 9.47 Å². The minimum Gasteiger partial charge on any atom is -0.432 e. The Hall–Kier alpha value is -3.40. The SMILES string of the molecule is CC1(C)OC(=O)[C@H](CC(=O)Nc2nc3ccc(-c4cccnc4F)cn3n2)O1. The molecule has 3 aromatic rings. The lowest BCUT2D eigenvalue weighted by Crippen LogP contribution is -2.26. The second-order valence-electron chi connectivity index (χ2n) is 6.68. The highest BCUT2D eigenvalue weighted by molar-refractivity contribution is 5.93. The molecule has 1 saturated heterocycles. The Morgan fingerprint density at radius 1 is 1.36 bits per heavy atom. The Labute approximate surface area is 158 Å². The van der Waals surface area contributed by atoms with Crippen molar-refractivity contribution in [2.24, 2.45) is 0 Å². The number of anilines is 1. The maximum absolute atomic E-state index is 13.9. The average molecular weight is 385 g/mol. The smallest absolute Gasteiger partial charge is 0.338 e. The molecule has 1 aliphatic rings. The predicted molar refractivity (Wildman–Crippen MR) is 94.5 cm³/mol. The van der Waals surface area contributed by atoms with Crippen LogP contribution in [0.1, 0.15) is 20.3 Å². The molecule has 144 valence electrons. The molecule has 1 fully saturated rings. The van der Waals surface area contributed by atoms with Crippen LogP contribution in [0, 0.1) is 5.95 Å². The molecule has 1 amide bonds. The summed E-state index contributed by atoms with van der Waals surface area (Å²) in [4.78, 5) is 31.7. The summed E-state index contributed by atoms with van der Waals surface area (Å²) < 4.78 is 25.7. The predicted octanol–water partition coefficient (Wildman–Crippen LogP) is 1.94. The van der Waals surface area contributed by atoms with Crippen molar-refractivity contribution in [3.63, 3.8) is 0 Å². The highest BCUT2D eigenvalue weighted by atomic mass is 19.1. The first kappa shape index (κ1) is 18.0. The summed E-state index contributed by atoms with van der Waals surface area (Å²) in [5, 5.41) is 6.69. The van der Waals surface area contributed by atoms with Crippen LogP contribution in [-0.2, 0) is 19.1 Å². The van der Waals surface area contributed by atoms with Crippen LogP contribution in [0.5, 0.6) is 0 Å². The highest BCUT2D eigenvalue weighted by Gasteiger charge is 2.42. The van der Waals surface area contributed by atoms with Crippen molar-refractivity contribution in [3.8, 4) is 11.1 Å². The third kappa shape index (κ3) is 3.54. The first-order valence-electron chi connectivity index (χ1n) is 8.48. The highest BCUT2D eigenvalue weighted by Crippen LogP contribution is 2.26. The number of hydrogen-bond acceptors (Lipinski definition) is 7. The number of carbonyl (C=O) groups excluding carboxylic acids is 2. The second kappa shape index (κ2) is 6.64. The molecular formula is C18H16FN5O4. The van der Waals surface area contributed by atoms with Gasteiger partial charge in [-0.3, -0.25) is 10.1 Å². The van der Waals surface area contributed by atoms with Gasteiger partial charge in [-0.2, -0.15) is 9.37 Å². The summed E-state index contributed by atoms with van der Waals surface area (Å²) in [6, 6.07) is 6.56. The molecule has 4 heterocycles. The largest absolute Gasteiger partial charge is 0.432 e. The van der Waals surface area contributed by atoms with Gasteiger partial charge in [-0.05, 0) is 24.3 Å². The fourth-order valence-corrected chi connectivity index (χ4v) is 2.89. The summed E-state index contributed by atoms with van der Waals surface area (Å²) in [6.45, 7) is 3.18. The number of cyclic esters (lactones) is 1. The summed E-state index contributed by atoms with van der Waals surface area (Å²) >= 11 is 0. The monoisotopic (exact) mass is 385 g/mol. The van der Waals surface area contributed by atoms with Gasteiger partial charge in [0.15, 0.2) is 11.8 Å². The van der Waals surface area contributed by atoms with E-state index in [1.165, 1.54) is 10.7 Å². The molecule has 0 unspecified atom stereocenters. The number of pyridine rings is 2. The Morgan fingerprint density at radius 2 is 2.18 bits per heavy atom. The maximum atomic E-state index is 13.9. The van der Waals surface area contributed by atoms with Gasteiger partial charge in [0.2, 0.25) is 23.6 Å². The average Bonchev–Trinajstić information content (AvgIpc) is 3.13. The molecule has 0 saturated carbocycles. The number of ether oxygens (including phenoxy) is 2. The van der Waals surface area contributed by atoms with E-state index in [0.29, 0.717) is 16.8 Å². The molecule has 1 aliphatic heterocycles. The van der Waals surface area contributed by atoms with Crippen molar-refractivity contribution in [2.75, 3.05) is 5.32 Å². The fourth-order valence-electron chi connectivity index (χ4n) is 2.89. The van der Waals surface area contributed by atoms with E-state index in [0.717, 1.165) is 0 Å². The number of nitrogens with one attached hydrogen (secondary N) is 1. The van der Waals surface area contributed by atoms with Crippen LogP contribution in [0.15, 0.2) is 36.7 Å². The van der Waals surface area contributed by atoms with E-state index in [2.05, 4.69) is 20.4 Å². The maximum Gasteiger partial charge on any atom is 0.338 e. The van der Waals surface area contributed by atoms with E-state index < -0.39 is 29.7 Å². The van der Waals surface area contributed by atoms with Gasteiger partial charge in [0.25, 0.3) is 0 Å². The number of carbonyl (C=O) groups is 2. The third-order valence-corrected chi connectivity index (χ3v) is 4.06. The van der Waals surface area contributed by atoms with Gasteiger partial charge in [0.1, 0.15) is 0 Å². The number of esters is 1. The van der Waals surface area contributed by atoms with Gasteiger partial charge >= 0.3 is 5.97 Å². The molecule has 0 bridgehead atoms. The fraction of sp³-hybridized carbons (Fsp3) is 0.278. The molecule has 28 heavy (non-hydrogen) atoms. The number of hydrogen-bond donors (Lipinski definition) is 1. The molecule has 9 nitrogen and oxygen atoms in total. The van der Waals surface area contributed by atoms with Gasteiger partial charge in [-0.15, -0.1) is 5.10 Å². The molecule has 0 aromatic carbocycles. The lowest BCUT2D eigenvalue weighted by Gasteiger charge is -2.14. The quantitative estimate of drug-likeness (QED) is 0.540. The van der Waals surface area contributed by atoms with Crippen LogP contribution >= 0.6 is 0 Å². The number of rotatable bonds is 4. The standard InChI is InChI=1S/C18H16FN5O4/c1-18(2)27-12(16(26)28-18)8-14(25)22-17-21-13-6-5-10(9-24(13)23-17)11-4-3-7-20-15(11)19/h3-7,9,12H,8H2,1-2H3,(H,22,23,25)/t12-/m0/s1. The number of amides is 1. The Balaban J connectivity index is 1.50. The molecular weight excluding hydrogens is 369 g/mol. The number of aromatic nitrogens is 4. The van der Waals surface area contributed by atoms with E-state index in [1.807, 2.05) is 0 Å². The normalized spacial score (nSPS) is 18.2. The van der Waals surface area contributed by atoms with E-state index in [9.17, 15) is 14.0 Å². The van der Waals surface area contributed by atoms with Gasteiger partial charge in [0, 0.05) is 37.4 Å². The first-order valence-corrected chi connectivity index (χ1v) is 8.48. The van der Waals surface area contributed by atoms with Crippen molar-refractivity contribution < 1.29 is 23.5 Å². The molecule has 4 rings (SSSR count). The van der Waals surface area contributed by atoms with Crippen molar-refractivity contribution in [1.82, 2.24) is 19.6 Å². The number of nitrogens with zero attached hydrogens (tertiary/aromatic N) is 4. The molecule has 0 spiro atoms. The summed E-state index contributed by atoms with van der Waals surface area (Å²) in [6.07, 6.45) is 1.75. The molecule has 3 aromatic heterocycles. The van der Waals surface area contributed by atoms with E-state index in [-0.39, 0.29) is 12.4 Å². The topological polar surface area (TPSA) is 108 Å². The summed E-state index contributed by atoms with van der Waals surface area (Å²) in [7, 11) is 0.